The summed E-state index contributed by atoms with van der Waals surface area (Å²) >= 11 is 6.14. The molecule has 35 heavy (non-hydrogen) atoms. The number of nitrogens with zero attached hydrogens (tertiary/aromatic N) is 1. The number of benzene rings is 4. The molecule has 0 amide bonds. The van der Waals surface area contributed by atoms with Crippen molar-refractivity contribution < 1.29 is 9.47 Å². The van der Waals surface area contributed by atoms with Gasteiger partial charge in [-0.25, -0.2) is 0 Å². The second-order valence-electron chi connectivity index (χ2n) is 8.22. The minimum atomic E-state index is 0.460. The summed E-state index contributed by atoms with van der Waals surface area (Å²) < 4.78 is 12.3. The Morgan fingerprint density at radius 3 is 2.14 bits per heavy atom. The molecule has 1 aliphatic heterocycles. The monoisotopic (exact) mass is 480 g/mol. The topological polar surface area (TPSA) is 42.8 Å². The number of hydrogen-bond donors (Lipinski definition) is 1. The zero-order valence-electron chi connectivity index (χ0n) is 19.2. The van der Waals surface area contributed by atoms with Gasteiger partial charge in [0.25, 0.3) is 0 Å². The number of rotatable bonds is 8. The summed E-state index contributed by atoms with van der Waals surface area (Å²) in [5, 5.41) is 4.04. The molecule has 0 saturated carbocycles. The first-order valence-corrected chi connectivity index (χ1v) is 11.9. The Bertz CT molecular complexity index is 1350. The van der Waals surface area contributed by atoms with Gasteiger partial charge in [-0.1, -0.05) is 90.5 Å². The van der Waals surface area contributed by atoms with Crippen LogP contribution in [0.4, 0.5) is 5.69 Å². The molecule has 0 aliphatic carbocycles. The normalized spacial score (nSPS) is 12.5. The quantitative estimate of drug-likeness (QED) is 0.283. The molecule has 1 N–H and O–H groups in total. The van der Waals surface area contributed by atoms with Gasteiger partial charge in [-0.2, -0.15) is 0 Å². The van der Waals surface area contributed by atoms with Crippen molar-refractivity contribution in [2.45, 2.75) is 19.8 Å². The average molecular weight is 481 g/mol. The molecule has 174 valence electrons. The molecule has 0 radical (unpaired) electrons. The van der Waals surface area contributed by atoms with E-state index < -0.39 is 0 Å². The third-order valence-electron chi connectivity index (χ3n) is 5.63. The molecular weight excluding hydrogens is 456 g/mol. The van der Waals surface area contributed by atoms with Gasteiger partial charge in [-0.3, -0.25) is 4.99 Å². The highest BCUT2D eigenvalue weighted by Crippen LogP contribution is 2.31. The number of aliphatic imine (C=N–C) groups is 1. The van der Waals surface area contributed by atoms with Gasteiger partial charge in [-0.05, 0) is 52.6 Å². The molecule has 0 atom stereocenters. The van der Waals surface area contributed by atoms with Gasteiger partial charge in [0.2, 0.25) is 0 Å². The summed E-state index contributed by atoms with van der Waals surface area (Å²) in [5.74, 6) is 2.19. The number of anilines is 1. The van der Waals surface area contributed by atoms with E-state index in [0.717, 1.165) is 33.8 Å². The Kier molecular flexibility index (Phi) is 7.11. The Labute approximate surface area is 210 Å². The predicted molar refractivity (Wildman–Crippen MR) is 143 cm³/mol. The lowest BCUT2D eigenvalue weighted by Crippen LogP contribution is -2.15. The number of halogens is 1. The lowest BCUT2D eigenvalue weighted by Gasteiger charge is -2.17. The van der Waals surface area contributed by atoms with Crippen LogP contribution in [0.25, 0.3) is 6.08 Å². The van der Waals surface area contributed by atoms with Crippen molar-refractivity contribution in [3.8, 4) is 11.5 Å². The molecule has 1 heterocycles. The van der Waals surface area contributed by atoms with Crippen LogP contribution in [0.15, 0.2) is 108 Å². The lowest BCUT2D eigenvalue weighted by molar-refractivity contribution is 0.256. The molecule has 0 saturated heterocycles. The predicted octanol–water partition coefficient (Wildman–Crippen LogP) is 7.54. The van der Waals surface area contributed by atoms with E-state index in [4.69, 9.17) is 21.1 Å². The maximum Gasteiger partial charge on any atom is 0.162 e. The average Bonchev–Trinajstić information content (AvgIpc) is 2.91. The smallest absolute Gasteiger partial charge is 0.162 e. The minimum Gasteiger partial charge on any atom is -0.485 e. The van der Waals surface area contributed by atoms with E-state index in [9.17, 15) is 0 Å². The highest BCUT2D eigenvalue weighted by Gasteiger charge is 2.11. The second-order valence-corrected chi connectivity index (χ2v) is 8.65. The third-order valence-corrected chi connectivity index (χ3v) is 5.87. The largest absolute Gasteiger partial charge is 0.485 e. The molecule has 0 fully saturated rings. The number of amidine groups is 1. The van der Waals surface area contributed by atoms with Crippen molar-refractivity contribution in [1.29, 1.82) is 0 Å². The van der Waals surface area contributed by atoms with Crippen LogP contribution in [0, 0.1) is 0 Å². The van der Waals surface area contributed by atoms with Gasteiger partial charge in [0.1, 0.15) is 19.0 Å². The van der Waals surface area contributed by atoms with Gasteiger partial charge in [0, 0.05) is 10.7 Å². The van der Waals surface area contributed by atoms with Crippen LogP contribution in [0.2, 0.25) is 5.02 Å². The zero-order chi connectivity index (χ0) is 23.9. The number of fused-ring (bicyclic) bond motifs is 1. The fraction of sp³-hybridized carbons (Fsp3) is 0.100. The van der Waals surface area contributed by atoms with Gasteiger partial charge in [0.15, 0.2) is 11.5 Å². The number of hydrogen-bond acceptors (Lipinski definition) is 4. The Balaban J connectivity index is 1.33. The molecule has 5 rings (SSSR count). The Morgan fingerprint density at radius 2 is 1.43 bits per heavy atom. The molecule has 0 unspecified atom stereocenters. The molecule has 4 nitrogen and oxygen atoms in total. The first-order valence-electron chi connectivity index (χ1n) is 11.5. The highest BCUT2D eigenvalue weighted by atomic mass is 35.5. The number of nitrogens with one attached hydrogen (secondary N) is 1. The Hall–Kier alpha value is -4.02. The fourth-order valence-corrected chi connectivity index (χ4v) is 3.92. The molecule has 4 aromatic rings. The lowest BCUT2D eigenvalue weighted by atomic mass is 10.1. The Morgan fingerprint density at radius 1 is 0.743 bits per heavy atom. The molecule has 5 heteroatoms. The molecule has 4 aromatic carbocycles. The van der Waals surface area contributed by atoms with Crippen LogP contribution < -0.4 is 14.8 Å². The van der Waals surface area contributed by atoms with E-state index in [2.05, 4.69) is 10.3 Å². The maximum atomic E-state index is 6.18. The van der Waals surface area contributed by atoms with Gasteiger partial charge in [0.05, 0.1) is 6.54 Å². The van der Waals surface area contributed by atoms with Crippen LogP contribution in [0.1, 0.15) is 22.3 Å². The van der Waals surface area contributed by atoms with E-state index in [1.165, 1.54) is 0 Å². The summed E-state index contributed by atoms with van der Waals surface area (Å²) in [6.07, 6.45) is 3.97. The van der Waals surface area contributed by atoms with Crippen LogP contribution in [-0.2, 0) is 19.8 Å². The van der Waals surface area contributed by atoms with E-state index in [1.807, 2.05) is 109 Å². The molecule has 0 bridgehead atoms. The summed E-state index contributed by atoms with van der Waals surface area (Å²) in [5.41, 5.74) is 5.31. The summed E-state index contributed by atoms with van der Waals surface area (Å²) in [4.78, 5) is 4.61. The second kappa shape index (κ2) is 10.9. The van der Waals surface area contributed by atoms with Gasteiger partial charge < -0.3 is 14.8 Å². The van der Waals surface area contributed by atoms with Crippen molar-refractivity contribution in [2.24, 2.45) is 4.99 Å². The van der Waals surface area contributed by atoms with Gasteiger partial charge in [-0.15, -0.1) is 0 Å². The van der Waals surface area contributed by atoms with Crippen LogP contribution in [-0.4, -0.2) is 5.84 Å². The number of ether oxygens (including phenoxy) is 2. The highest BCUT2D eigenvalue weighted by molar-refractivity contribution is 6.31. The van der Waals surface area contributed by atoms with E-state index in [-0.39, 0.29) is 0 Å². The summed E-state index contributed by atoms with van der Waals surface area (Å²) in [6.45, 7) is 1.55. The van der Waals surface area contributed by atoms with Crippen LogP contribution in [0.3, 0.4) is 0 Å². The fourth-order valence-electron chi connectivity index (χ4n) is 3.75. The molecular formula is C30H25ClN2O2. The maximum absolute atomic E-state index is 6.18. The molecule has 1 aliphatic rings. The zero-order valence-corrected chi connectivity index (χ0v) is 19.9. The third kappa shape index (κ3) is 6.11. The minimum absolute atomic E-state index is 0.460. The van der Waals surface area contributed by atoms with E-state index in [1.54, 1.807) is 0 Å². The standard InChI is InChI=1S/C30H25ClN2O2/c31-26-14-13-25-19-32-30(33-27(25)18-26)16-12-22-11-15-28(34-20-23-7-3-1-4-8-23)29(17-22)35-21-24-9-5-2-6-10-24/h1-18H,19-21H2,(H,32,33). The SMILES string of the molecule is Clc1ccc2c(c1)NC(C=Cc1ccc(OCc3ccccc3)c(OCc3ccccc3)c1)=NC2. The van der Waals surface area contributed by atoms with Crippen molar-refractivity contribution >= 4 is 29.2 Å². The van der Waals surface area contributed by atoms with Gasteiger partial charge >= 0.3 is 0 Å². The van der Waals surface area contributed by atoms with Crippen molar-refractivity contribution in [1.82, 2.24) is 0 Å². The van der Waals surface area contributed by atoms with Crippen LogP contribution in [0.5, 0.6) is 11.5 Å². The van der Waals surface area contributed by atoms with Crippen molar-refractivity contribution in [3.63, 3.8) is 0 Å². The summed E-state index contributed by atoms with van der Waals surface area (Å²) in [7, 11) is 0. The van der Waals surface area contributed by atoms with Crippen molar-refractivity contribution in [3.05, 3.63) is 130 Å². The van der Waals surface area contributed by atoms with Crippen molar-refractivity contribution in [2.75, 3.05) is 5.32 Å². The summed E-state index contributed by atoms with van der Waals surface area (Å²) in [6, 6.07) is 32.0. The van der Waals surface area contributed by atoms with E-state index in [0.29, 0.717) is 36.3 Å². The first-order chi connectivity index (χ1) is 17.2. The van der Waals surface area contributed by atoms with Crippen LogP contribution >= 0.6 is 11.6 Å². The molecule has 0 aromatic heterocycles. The first kappa shape index (κ1) is 22.8. The molecule has 0 spiro atoms. The van der Waals surface area contributed by atoms with E-state index >= 15 is 0 Å².